The Kier molecular flexibility index (Phi) is 4.19. The van der Waals surface area contributed by atoms with Crippen LogP contribution in [0.25, 0.3) is 11.3 Å². The van der Waals surface area contributed by atoms with Crippen molar-refractivity contribution in [2.45, 2.75) is 20.0 Å². The third-order valence-corrected chi connectivity index (χ3v) is 4.66. The van der Waals surface area contributed by atoms with E-state index in [0.717, 1.165) is 36.1 Å². The van der Waals surface area contributed by atoms with Crippen LogP contribution in [0, 0.1) is 12.7 Å². The first-order valence-corrected chi connectivity index (χ1v) is 8.59. The van der Waals surface area contributed by atoms with E-state index in [4.69, 9.17) is 16.6 Å². The van der Waals surface area contributed by atoms with Crippen LogP contribution in [-0.4, -0.2) is 16.1 Å². The van der Waals surface area contributed by atoms with Crippen molar-refractivity contribution in [3.63, 3.8) is 0 Å². The number of hydrogen-bond acceptors (Lipinski definition) is 3. The van der Waals surface area contributed by atoms with Gasteiger partial charge in [0, 0.05) is 24.3 Å². The Hall–Kier alpha value is -2.37. The van der Waals surface area contributed by atoms with Crippen molar-refractivity contribution in [1.29, 1.82) is 0 Å². The average molecular weight is 357 g/mol. The van der Waals surface area contributed by atoms with Gasteiger partial charge in [0.15, 0.2) is 0 Å². The van der Waals surface area contributed by atoms with Crippen LogP contribution in [0.15, 0.2) is 42.5 Å². The van der Waals surface area contributed by atoms with E-state index in [0.29, 0.717) is 12.1 Å². The Morgan fingerprint density at radius 3 is 2.76 bits per heavy atom. The molecule has 0 radical (unpaired) electrons. The fourth-order valence-corrected chi connectivity index (χ4v) is 3.13. The van der Waals surface area contributed by atoms with E-state index >= 15 is 0 Å². The number of aromatic nitrogens is 2. The van der Waals surface area contributed by atoms with E-state index in [2.05, 4.69) is 34.3 Å². The number of halogens is 2. The number of anilines is 2. The fraction of sp³-hybridized carbons (Fsp3) is 0.211. The summed E-state index contributed by atoms with van der Waals surface area (Å²) < 4.78 is 16.1. The Morgan fingerprint density at radius 1 is 1.20 bits per heavy atom. The molecule has 2 heterocycles. The third kappa shape index (κ3) is 3.13. The number of imidazole rings is 1. The molecule has 0 fully saturated rings. The molecule has 0 saturated carbocycles. The van der Waals surface area contributed by atoms with Gasteiger partial charge in [-0.15, -0.1) is 0 Å². The van der Waals surface area contributed by atoms with Gasteiger partial charge >= 0.3 is 0 Å². The summed E-state index contributed by atoms with van der Waals surface area (Å²) in [5, 5.41) is 6.89. The highest BCUT2D eigenvalue weighted by Gasteiger charge is 2.21. The normalized spacial score (nSPS) is 13.6. The summed E-state index contributed by atoms with van der Waals surface area (Å²) in [4.78, 5) is 4.73. The molecule has 0 aliphatic carbocycles. The quantitative estimate of drug-likeness (QED) is 0.726. The summed E-state index contributed by atoms with van der Waals surface area (Å²) in [5.41, 5.74) is 3.61. The highest BCUT2D eigenvalue weighted by Crippen LogP contribution is 2.33. The first kappa shape index (κ1) is 16.1. The molecule has 0 unspecified atom stereocenters. The Bertz CT molecular complexity index is 918. The smallest absolute Gasteiger partial charge is 0.142 e. The molecule has 1 aliphatic heterocycles. The minimum Gasteiger partial charge on any atom is -0.340 e. The number of nitrogens with zero attached hydrogens (tertiary/aromatic N) is 2. The molecule has 2 N–H and O–H groups in total. The number of rotatable bonds is 3. The summed E-state index contributed by atoms with van der Waals surface area (Å²) in [6, 6.07) is 13.0. The Balaban J connectivity index is 1.81. The molecule has 25 heavy (non-hydrogen) atoms. The second-order valence-electron chi connectivity index (χ2n) is 6.17. The molecule has 4 rings (SSSR count). The van der Waals surface area contributed by atoms with Crippen LogP contribution in [0.4, 0.5) is 15.9 Å². The molecular formula is C19H18ClFN4. The molecule has 0 spiro atoms. The van der Waals surface area contributed by atoms with Gasteiger partial charge in [0.05, 0.1) is 11.6 Å². The highest BCUT2D eigenvalue weighted by atomic mass is 35.5. The number of benzene rings is 2. The molecule has 6 heteroatoms. The molecule has 0 amide bonds. The lowest BCUT2D eigenvalue weighted by atomic mass is 10.1. The van der Waals surface area contributed by atoms with Crippen molar-refractivity contribution >= 4 is 23.1 Å². The van der Waals surface area contributed by atoms with Crippen molar-refractivity contribution in [3.05, 3.63) is 64.7 Å². The summed E-state index contributed by atoms with van der Waals surface area (Å²) in [6.07, 6.45) is 0. The van der Waals surface area contributed by atoms with E-state index in [1.54, 1.807) is 12.1 Å². The molecule has 3 aromatic rings. The van der Waals surface area contributed by atoms with Crippen LogP contribution in [0.1, 0.15) is 11.4 Å². The topological polar surface area (TPSA) is 41.9 Å². The van der Waals surface area contributed by atoms with Gasteiger partial charge in [-0.25, -0.2) is 9.37 Å². The fourth-order valence-electron chi connectivity index (χ4n) is 3.01. The predicted molar refractivity (Wildman–Crippen MR) is 98.8 cm³/mol. The van der Waals surface area contributed by atoms with Crippen LogP contribution >= 0.6 is 11.6 Å². The molecule has 1 aliphatic rings. The lowest BCUT2D eigenvalue weighted by Crippen LogP contribution is -2.28. The zero-order valence-electron chi connectivity index (χ0n) is 13.8. The average Bonchev–Trinajstić information content (AvgIpc) is 2.98. The van der Waals surface area contributed by atoms with Crippen LogP contribution in [0.5, 0.6) is 0 Å². The van der Waals surface area contributed by atoms with Gasteiger partial charge in [-0.1, -0.05) is 35.4 Å². The first-order valence-electron chi connectivity index (χ1n) is 8.21. The lowest BCUT2D eigenvalue weighted by Gasteiger charge is -2.18. The third-order valence-electron chi connectivity index (χ3n) is 4.35. The lowest BCUT2D eigenvalue weighted by molar-refractivity contribution is 0.509. The van der Waals surface area contributed by atoms with Crippen molar-refractivity contribution in [3.8, 4) is 11.3 Å². The molecule has 0 atom stereocenters. The van der Waals surface area contributed by atoms with E-state index in [-0.39, 0.29) is 5.02 Å². The van der Waals surface area contributed by atoms with E-state index in [1.807, 2.05) is 12.1 Å². The van der Waals surface area contributed by atoms with Gasteiger partial charge in [0.1, 0.15) is 23.2 Å². The Labute approximate surface area is 150 Å². The summed E-state index contributed by atoms with van der Waals surface area (Å²) in [7, 11) is 0. The molecule has 0 bridgehead atoms. The van der Waals surface area contributed by atoms with Gasteiger partial charge < -0.3 is 15.2 Å². The molecule has 2 aromatic carbocycles. The van der Waals surface area contributed by atoms with Crippen molar-refractivity contribution in [2.24, 2.45) is 0 Å². The SMILES string of the molecule is Cc1ccc(Nc2c(-c3ccc(Cl)c(F)c3)nc3n2CCNC3)cc1. The van der Waals surface area contributed by atoms with Crippen molar-refractivity contribution in [1.82, 2.24) is 14.9 Å². The second kappa shape index (κ2) is 6.50. The maximum absolute atomic E-state index is 14.0. The molecular weight excluding hydrogens is 339 g/mol. The molecule has 128 valence electrons. The maximum Gasteiger partial charge on any atom is 0.142 e. The van der Waals surface area contributed by atoms with E-state index in [9.17, 15) is 4.39 Å². The van der Waals surface area contributed by atoms with Crippen LogP contribution < -0.4 is 10.6 Å². The van der Waals surface area contributed by atoms with Gasteiger partial charge in [-0.2, -0.15) is 0 Å². The standard InChI is InChI=1S/C19H18ClFN4/c1-12-2-5-14(6-3-12)23-19-18(13-4-7-15(20)16(21)10-13)24-17-11-22-8-9-25(17)19/h2-7,10,22-23H,8-9,11H2,1H3. The number of fused-ring (bicyclic) bond motifs is 1. The predicted octanol–water partition coefficient (Wildman–Crippen LogP) is 4.50. The minimum atomic E-state index is -0.440. The summed E-state index contributed by atoms with van der Waals surface area (Å²) in [5.74, 6) is 1.37. The highest BCUT2D eigenvalue weighted by molar-refractivity contribution is 6.30. The van der Waals surface area contributed by atoms with Crippen LogP contribution in [0.3, 0.4) is 0 Å². The zero-order chi connectivity index (χ0) is 17.4. The van der Waals surface area contributed by atoms with Gasteiger partial charge in [0.2, 0.25) is 0 Å². The van der Waals surface area contributed by atoms with E-state index in [1.165, 1.54) is 11.6 Å². The second-order valence-corrected chi connectivity index (χ2v) is 6.58. The minimum absolute atomic E-state index is 0.113. The van der Waals surface area contributed by atoms with Crippen LogP contribution in [-0.2, 0) is 13.1 Å². The molecule has 1 aromatic heterocycles. The Morgan fingerprint density at radius 2 is 2.00 bits per heavy atom. The van der Waals surface area contributed by atoms with Crippen molar-refractivity contribution < 1.29 is 4.39 Å². The van der Waals surface area contributed by atoms with E-state index < -0.39 is 5.82 Å². The largest absolute Gasteiger partial charge is 0.340 e. The number of aryl methyl sites for hydroxylation is 1. The number of nitrogens with one attached hydrogen (secondary N) is 2. The molecule has 0 saturated heterocycles. The zero-order valence-corrected chi connectivity index (χ0v) is 14.6. The van der Waals surface area contributed by atoms with Crippen LogP contribution in [0.2, 0.25) is 5.02 Å². The van der Waals surface area contributed by atoms with Crippen molar-refractivity contribution in [2.75, 3.05) is 11.9 Å². The van der Waals surface area contributed by atoms with Gasteiger partial charge in [0.25, 0.3) is 0 Å². The molecule has 4 nitrogen and oxygen atoms in total. The summed E-state index contributed by atoms with van der Waals surface area (Å²) >= 11 is 5.83. The monoisotopic (exact) mass is 356 g/mol. The maximum atomic E-state index is 14.0. The first-order chi connectivity index (χ1) is 12.1. The van der Waals surface area contributed by atoms with Gasteiger partial charge in [-0.3, -0.25) is 0 Å². The summed E-state index contributed by atoms with van der Waals surface area (Å²) in [6.45, 7) is 4.43. The number of hydrogen-bond donors (Lipinski definition) is 2. The van der Waals surface area contributed by atoms with Gasteiger partial charge in [-0.05, 0) is 31.2 Å².